The smallest absolute Gasteiger partial charge is 0.0914 e. The number of hydrogen-bond donors (Lipinski definition) is 2. The normalized spacial score (nSPS) is 12.4. The van der Waals surface area contributed by atoms with Gasteiger partial charge in [-0.05, 0) is 25.0 Å². The van der Waals surface area contributed by atoms with E-state index in [1.165, 1.54) is 16.7 Å². The van der Waals surface area contributed by atoms with Crippen LogP contribution in [-0.4, -0.2) is 11.7 Å². The van der Waals surface area contributed by atoms with Crippen molar-refractivity contribution in [3.05, 3.63) is 70.8 Å². The molecule has 0 fully saturated rings. The van der Waals surface area contributed by atoms with Crippen LogP contribution in [0.2, 0.25) is 0 Å². The summed E-state index contributed by atoms with van der Waals surface area (Å²) in [5, 5.41) is 13.4. The minimum atomic E-state index is -0.453. The molecule has 0 radical (unpaired) electrons. The second-order valence-corrected chi connectivity index (χ2v) is 5.05. The standard InChI is InChI=1S/C17H21NO/c1-13-6-8-15(9-7-13)11-18-12-17(19)16-5-3-4-14(2)10-16/h3-10,17-19H,11-12H2,1-2H3. The van der Waals surface area contributed by atoms with E-state index in [4.69, 9.17) is 0 Å². The molecule has 2 aromatic rings. The fourth-order valence-corrected chi connectivity index (χ4v) is 2.05. The van der Waals surface area contributed by atoms with Gasteiger partial charge in [0.1, 0.15) is 0 Å². The number of aryl methyl sites for hydroxylation is 2. The molecule has 1 unspecified atom stereocenters. The van der Waals surface area contributed by atoms with Crippen LogP contribution in [0.25, 0.3) is 0 Å². The van der Waals surface area contributed by atoms with Crippen LogP contribution < -0.4 is 5.32 Å². The van der Waals surface area contributed by atoms with E-state index < -0.39 is 6.10 Å². The Morgan fingerprint density at radius 2 is 1.74 bits per heavy atom. The van der Waals surface area contributed by atoms with Gasteiger partial charge in [0, 0.05) is 13.1 Å². The Bertz CT molecular complexity index is 519. The summed E-state index contributed by atoms with van der Waals surface area (Å²) in [6, 6.07) is 16.4. The highest BCUT2D eigenvalue weighted by Gasteiger charge is 2.06. The highest BCUT2D eigenvalue weighted by atomic mass is 16.3. The average molecular weight is 255 g/mol. The number of benzene rings is 2. The maximum absolute atomic E-state index is 10.1. The molecule has 19 heavy (non-hydrogen) atoms. The van der Waals surface area contributed by atoms with Gasteiger partial charge in [0.15, 0.2) is 0 Å². The predicted molar refractivity (Wildman–Crippen MR) is 79.0 cm³/mol. The minimum Gasteiger partial charge on any atom is -0.387 e. The summed E-state index contributed by atoms with van der Waals surface area (Å²) in [6.07, 6.45) is -0.453. The van der Waals surface area contributed by atoms with Crippen LogP contribution in [0, 0.1) is 13.8 Å². The van der Waals surface area contributed by atoms with Crippen LogP contribution in [-0.2, 0) is 6.54 Å². The minimum absolute atomic E-state index is 0.453. The Hall–Kier alpha value is -1.64. The molecular weight excluding hydrogens is 234 g/mol. The summed E-state index contributed by atoms with van der Waals surface area (Å²) in [7, 11) is 0. The van der Waals surface area contributed by atoms with Gasteiger partial charge in [-0.3, -0.25) is 0 Å². The van der Waals surface area contributed by atoms with Crippen molar-refractivity contribution >= 4 is 0 Å². The van der Waals surface area contributed by atoms with Crippen LogP contribution in [0.3, 0.4) is 0 Å². The lowest BCUT2D eigenvalue weighted by Gasteiger charge is -2.13. The Kier molecular flexibility index (Phi) is 4.72. The summed E-state index contributed by atoms with van der Waals surface area (Å²) in [5.41, 5.74) is 4.65. The van der Waals surface area contributed by atoms with Gasteiger partial charge in [-0.25, -0.2) is 0 Å². The molecule has 0 aliphatic carbocycles. The SMILES string of the molecule is Cc1ccc(CNCC(O)c2cccc(C)c2)cc1. The van der Waals surface area contributed by atoms with Crippen molar-refractivity contribution in [3.63, 3.8) is 0 Å². The molecule has 0 spiro atoms. The summed E-state index contributed by atoms with van der Waals surface area (Å²) in [6.45, 7) is 5.47. The molecule has 2 rings (SSSR count). The van der Waals surface area contributed by atoms with Crippen LogP contribution in [0.5, 0.6) is 0 Å². The van der Waals surface area contributed by atoms with Crippen molar-refractivity contribution in [2.24, 2.45) is 0 Å². The van der Waals surface area contributed by atoms with Gasteiger partial charge in [-0.2, -0.15) is 0 Å². The van der Waals surface area contributed by atoms with Crippen molar-refractivity contribution in [1.29, 1.82) is 0 Å². The van der Waals surface area contributed by atoms with E-state index in [-0.39, 0.29) is 0 Å². The molecular formula is C17H21NO. The fraction of sp³-hybridized carbons (Fsp3) is 0.294. The predicted octanol–water partition coefficient (Wildman–Crippen LogP) is 3.13. The molecule has 1 atom stereocenters. The Balaban J connectivity index is 1.84. The van der Waals surface area contributed by atoms with Crippen molar-refractivity contribution in [2.75, 3.05) is 6.54 Å². The van der Waals surface area contributed by atoms with Crippen molar-refractivity contribution in [1.82, 2.24) is 5.32 Å². The third-order valence-electron chi connectivity index (χ3n) is 3.21. The molecule has 2 N–H and O–H groups in total. The van der Waals surface area contributed by atoms with Crippen LogP contribution >= 0.6 is 0 Å². The zero-order chi connectivity index (χ0) is 13.7. The number of hydrogen-bond acceptors (Lipinski definition) is 2. The molecule has 0 saturated heterocycles. The third-order valence-corrected chi connectivity index (χ3v) is 3.21. The van der Waals surface area contributed by atoms with E-state index in [2.05, 4.69) is 36.5 Å². The summed E-state index contributed by atoms with van der Waals surface area (Å²) >= 11 is 0. The van der Waals surface area contributed by atoms with Crippen LogP contribution in [0.15, 0.2) is 48.5 Å². The second kappa shape index (κ2) is 6.50. The van der Waals surface area contributed by atoms with E-state index in [1.807, 2.05) is 31.2 Å². The molecule has 2 heteroatoms. The molecule has 0 amide bonds. The van der Waals surface area contributed by atoms with Crippen molar-refractivity contribution in [3.8, 4) is 0 Å². The fourth-order valence-electron chi connectivity index (χ4n) is 2.05. The number of nitrogens with one attached hydrogen (secondary N) is 1. The molecule has 2 nitrogen and oxygen atoms in total. The van der Waals surface area contributed by atoms with Gasteiger partial charge < -0.3 is 10.4 Å². The van der Waals surface area contributed by atoms with E-state index >= 15 is 0 Å². The lowest BCUT2D eigenvalue weighted by molar-refractivity contribution is 0.174. The van der Waals surface area contributed by atoms with E-state index in [1.54, 1.807) is 0 Å². The highest BCUT2D eigenvalue weighted by Crippen LogP contribution is 2.13. The first-order valence-corrected chi connectivity index (χ1v) is 6.66. The lowest BCUT2D eigenvalue weighted by atomic mass is 10.1. The molecule has 100 valence electrons. The maximum atomic E-state index is 10.1. The zero-order valence-electron chi connectivity index (χ0n) is 11.6. The quantitative estimate of drug-likeness (QED) is 0.860. The van der Waals surface area contributed by atoms with E-state index in [9.17, 15) is 5.11 Å². The van der Waals surface area contributed by atoms with Gasteiger partial charge >= 0.3 is 0 Å². The van der Waals surface area contributed by atoms with Gasteiger partial charge in [0.2, 0.25) is 0 Å². The van der Waals surface area contributed by atoms with Gasteiger partial charge in [-0.1, -0.05) is 59.7 Å². The van der Waals surface area contributed by atoms with Crippen LogP contribution in [0.1, 0.15) is 28.4 Å². The average Bonchev–Trinajstić information content (AvgIpc) is 2.41. The molecule has 0 heterocycles. The molecule has 0 aliphatic rings. The number of rotatable bonds is 5. The van der Waals surface area contributed by atoms with Crippen molar-refractivity contribution in [2.45, 2.75) is 26.5 Å². The maximum Gasteiger partial charge on any atom is 0.0914 e. The first kappa shape index (κ1) is 13.8. The Labute approximate surface area is 115 Å². The second-order valence-electron chi connectivity index (χ2n) is 5.05. The topological polar surface area (TPSA) is 32.3 Å². The Morgan fingerprint density at radius 3 is 2.42 bits per heavy atom. The molecule has 0 bridgehead atoms. The molecule has 2 aromatic carbocycles. The Morgan fingerprint density at radius 1 is 1.00 bits per heavy atom. The summed E-state index contributed by atoms with van der Waals surface area (Å²) in [5.74, 6) is 0. The lowest BCUT2D eigenvalue weighted by Crippen LogP contribution is -2.21. The molecule has 0 aromatic heterocycles. The first-order valence-electron chi connectivity index (χ1n) is 6.66. The summed E-state index contributed by atoms with van der Waals surface area (Å²) < 4.78 is 0. The van der Waals surface area contributed by atoms with E-state index in [0.717, 1.165) is 12.1 Å². The van der Waals surface area contributed by atoms with Crippen molar-refractivity contribution < 1.29 is 5.11 Å². The third kappa shape index (κ3) is 4.19. The highest BCUT2D eigenvalue weighted by molar-refractivity contribution is 5.24. The van der Waals surface area contributed by atoms with Crippen LogP contribution in [0.4, 0.5) is 0 Å². The molecule has 0 saturated carbocycles. The summed E-state index contributed by atoms with van der Waals surface area (Å²) in [4.78, 5) is 0. The largest absolute Gasteiger partial charge is 0.387 e. The number of aliphatic hydroxyl groups excluding tert-OH is 1. The van der Waals surface area contributed by atoms with Gasteiger partial charge in [0.25, 0.3) is 0 Å². The number of aliphatic hydroxyl groups is 1. The van der Waals surface area contributed by atoms with Gasteiger partial charge in [-0.15, -0.1) is 0 Å². The molecule has 0 aliphatic heterocycles. The first-order chi connectivity index (χ1) is 9.15. The van der Waals surface area contributed by atoms with E-state index in [0.29, 0.717) is 6.54 Å². The zero-order valence-corrected chi connectivity index (χ0v) is 11.6. The monoisotopic (exact) mass is 255 g/mol. The van der Waals surface area contributed by atoms with Gasteiger partial charge in [0.05, 0.1) is 6.10 Å².